The van der Waals surface area contributed by atoms with Gasteiger partial charge in [-0.25, -0.2) is 0 Å². The number of nitrogens with two attached hydrogens (primary N) is 1. The number of halogens is 1. The van der Waals surface area contributed by atoms with E-state index in [2.05, 4.69) is 12.2 Å². The first-order chi connectivity index (χ1) is 9.56. The summed E-state index contributed by atoms with van der Waals surface area (Å²) in [7, 11) is 0. The standard InChI is InChI=1S/C16H17ClN2O/c1-11(13-5-3-7-15(17)9-13)19-10-12-4-2-6-14(8-12)16(18)20/h2-9,11,19H,10H2,1H3,(H2,18,20). The van der Waals surface area contributed by atoms with Crippen LogP contribution >= 0.6 is 11.6 Å². The summed E-state index contributed by atoms with van der Waals surface area (Å²) in [6.07, 6.45) is 0. The Morgan fingerprint density at radius 3 is 2.70 bits per heavy atom. The molecule has 2 rings (SSSR count). The van der Waals surface area contributed by atoms with Gasteiger partial charge in [0.05, 0.1) is 0 Å². The topological polar surface area (TPSA) is 55.1 Å². The predicted octanol–water partition coefficient (Wildman–Crippen LogP) is 3.29. The number of carbonyl (C=O) groups is 1. The molecular formula is C16H17ClN2O. The molecule has 0 aliphatic rings. The molecule has 0 heterocycles. The Morgan fingerprint density at radius 1 is 1.25 bits per heavy atom. The number of benzene rings is 2. The number of hydrogen-bond acceptors (Lipinski definition) is 2. The third-order valence-electron chi connectivity index (χ3n) is 3.17. The molecule has 2 aromatic rings. The van der Waals surface area contributed by atoms with E-state index in [0.717, 1.165) is 16.1 Å². The average Bonchev–Trinajstić information content (AvgIpc) is 2.45. The number of nitrogens with one attached hydrogen (secondary N) is 1. The van der Waals surface area contributed by atoms with Crippen molar-refractivity contribution in [3.05, 3.63) is 70.2 Å². The molecule has 2 aromatic carbocycles. The molecule has 3 N–H and O–H groups in total. The summed E-state index contributed by atoms with van der Waals surface area (Å²) in [4.78, 5) is 11.1. The summed E-state index contributed by atoms with van der Waals surface area (Å²) in [6, 6.07) is 15.3. The van der Waals surface area contributed by atoms with Gasteiger partial charge in [-0.3, -0.25) is 4.79 Å². The van der Waals surface area contributed by atoms with E-state index >= 15 is 0 Å². The summed E-state index contributed by atoms with van der Waals surface area (Å²) in [6.45, 7) is 2.73. The minimum Gasteiger partial charge on any atom is -0.366 e. The van der Waals surface area contributed by atoms with Crippen LogP contribution in [0.3, 0.4) is 0 Å². The summed E-state index contributed by atoms with van der Waals surface area (Å²) < 4.78 is 0. The molecule has 4 heteroatoms. The Morgan fingerprint density at radius 2 is 2.00 bits per heavy atom. The van der Waals surface area contributed by atoms with Crippen LogP contribution in [0.15, 0.2) is 48.5 Å². The molecule has 0 saturated carbocycles. The second kappa shape index (κ2) is 6.55. The molecule has 1 atom stereocenters. The quantitative estimate of drug-likeness (QED) is 0.887. The van der Waals surface area contributed by atoms with Gasteiger partial charge in [0, 0.05) is 23.2 Å². The van der Waals surface area contributed by atoms with E-state index < -0.39 is 5.91 Å². The largest absolute Gasteiger partial charge is 0.366 e. The molecule has 0 saturated heterocycles. The zero-order valence-electron chi connectivity index (χ0n) is 11.3. The highest BCUT2D eigenvalue weighted by Gasteiger charge is 2.06. The third-order valence-corrected chi connectivity index (χ3v) is 3.41. The Labute approximate surface area is 123 Å². The molecule has 0 aromatic heterocycles. The van der Waals surface area contributed by atoms with Crippen molar-refractivity contribution in [1.82, 2.24) is 5.32 Å². The summed E-state index contributed by atoms with van der Waals surface area (Å²) in [5.74, 6) is -0.408. The highest BCUT2D eigenvalue weighted by atomic mass is 35.5. The van der Waals surface area contributed by atoms with E-state index in [0.29, 0.717) is 12.1 Å². The fourth-order valence-electron chi connectivity index (χ4n) is 2.00. The number of rotatable bonds is 5. The zero-order chi connectivity index (χ0) is 14.5. The minimum atomic E-state index is -0.408. The van der Waals surface area contributed by atoms with Crippen molar-refractivity contribution < 1.29 is 4.79 Å². The SMILES string of the molecule is CC(NCc1cccc(C(N)=O)c1)c1cccc(Cl)c1. The first kappa shape index (κ1) is 14.6. The monoisotopic (exact) mass is 288 g/mol. The van der Waals surface area contributed by atoms with Gasteiger partial charge in [-0.1, -0.05) is 35.9 Å². The van der Waals surface area contributed by atoms with Crippen molar-refractivity contribution >= 4 is 17.5 Å². The van der Waals surface area contributed by atoms with Gasteiger partial charge in [0.25, 0.3) is 0 Å². The van der Waals surface area contributed by atoms with Gasteiger partial charge in [0.1, 0.15) is 0 Å². The van der Waals surface area contributed by atoms with Crippen LogP contribution in [0.25, 0.3) is 0 Å². The Kier molecular flexibility index (Phi) is 4.77. The van der Waals surface area contributed by atoms with Gasteiger partial charge in [-0.15, -0.1) is 0 Å². The molecular weight excluding hydrogens is 272 g/mol. The molecule has 0 aliphatic carbocycles. The molecule has 0 bridgehead atoms. The number of hydrogen-bond donors (Lipinski definition) is 2. The molecule has 20 heavy (non-hydrogen) atoms. The van der Waals surface area contributed by atoms with Crippen LogP contribution in [0.2, 0.25) is 5.02 Å². The second-order valence-corrected chi connectivity index (χ2v) is 5.16. The Bertz CT molecular complexity index is 613. The van der Waals surface area contributed by atoms with Crippen molar-refractivity contribution in [3.8, 4) is 0 Å². The molecule has 3 nitrogen and oxygen atoms in total. The first-order valence-corrected chi connectivity index (χ1v) is 6.81. The molecule has 0 fully saturated rings. The number of primary amides is 1. The lowest BCUT2D eigenvalue weighted by molar-refractivity contribution is 0.1000. The van der Waals surface area contributed by atoms with Gasteiger partial charge in [-0.2, -0.15) is 0 Å². The predicted molar refractivity (Wildman–Crippen MR) is 81.7 cm³/mol. The highest BCUT2D eigenvalue weighted by Crippen LogP contribution is 2.17. The molecule has 0 spiro atoms. The van der Waals surface area contributed by atoms with E-state index in [9.17, 15) is 4.79 Å². The normalized spacial score (nSPS) is 12.1. The van der Waals surface area contributed by atoms with Crippen molar-refractivity contribution in [2.24, 2.45) is 5.73 Å². The maximum absolute atomic E-state index is 11.1. The molecule has 104 valence electrons. The van der Waals surface area contributed by atoms with Crippen molar-refractivity contribution in [2.45, 2.75) is 19.5 Å². The second-order valence-electron chi connectivity index (χ2n) is 4.72. The molecule has 1 unspecified atom stereocenters. The fourth-order valence-corrected chi connectivity index (χ4v) is 2.20. The maximum atomic E-state index is 11.1. The van der Waals surface area contributed by atoms with Crippen LogP contribution in [-0.4, -0.2) is 5.91 Å². The lowest BCUT2D eigenvalue weighted by atomic mass is 10.1. The van der Waals surface area contributed by atoms with Crippen LogP contribution < -0.4 is 11.1 Å². The molecule has 0 radical (unpaired) electrons. The van der Waals surface area contributed by atoms with E-state index in [-0.39, 0.29) is 6.04 Å². The molecule has 1 amide bonds. The van der Waals surface area contributed by atoms with E-state index in [1.54, 1.807) is 12.1 Å². The van der Waals surface area contributed by atoms with Gasteiger partial charge in [-0.05, 0) is 42.3 Å². The van der Waals surface area contributed by atoms with E-state index in [1.807, 2.05) is 36.4 Å². The fraction of sp³-hybridized carbons (Fsp3) is 0.188. The lowest BCUT2D eigenvalue weighted by Crippen LogP contribution is -2.18. The smallest absolute Gasteiger partial charge is 0.248 e. The Hall–Kier alpha value is -1.84. The third kappa shape index (κ3) is 3.83. The van der Waals surface area contributed by atoms with Gasteiger partial charge >= 0.3 is 0 Å². The molecule has 0 aliphatic heterocycles. The van der Waals surface area contributed by atoms with E-state index in [1.165, 1.54) is 0 Å². The van der Waals surface area contributed by atoms with Gasteiger partial charge < -0.3 is 11.1 Å². The van der Waals surface area contributed by atoms with Crippen LogP contribution in [0.1, 0.15) is 34.5 Å². The van der Waals surface area contributed by atoms with Crippen molar-refractivity contribution in [1.29, 1.82) is 0 Å². The van der Waals surface area contributed by atoms with Crippen LogP contribution in [0, 0.1) is 0 Å². The average molecular weight is 289 g/mol. The number of amides is 1. The number of carbonyl (C=O) groups excluding carboxylic acids is 1. The summed E-state index contributed by atoms with van der Waals surface area (Å²) >= 11 is 5.98. The highest BCUT2D eigenvalue weighted by molar-refractivity contribution is 6.30. The van der Waals surface area contributed by atoms with Crippen LogP contribution in [0.4, 0.5) is 0 Å². The van der Waals surface area contributed by atoms with Gasteiger partial charge in [0.15, 0.2) is 0 Å². The van der Waals surface area contributed by atoms with Gasteiger partial charge in [0.2, 0.25) is 5.91 Å². The van der Waals surface area contributed by atoms with Crippen molar-refractivity contribution in [2.75, 3.05) is 0 Å². The van der Waals surface area contributed by atoms with Crippen LogP contribution in [-0.2, 0) is 6.54 Å². The zero-order valence-corrected chi connectivity index (χ0v) is 12.0. The minimum absolute atomic E-state index is 0.172. The van der Waals surface area contributed by atoms with E-state index in [4.69, 9.17) is 17.3 Å². The van der Waals surface area contributed by atoms with Crippen LogP contribution in [0.5, 0.6) is 0 Å². The maximum Gasteiger partial charge on any atom is 0.248 e. The summed E-state index contributed by atoms with van der Waals surface area (Å²) in [5, 5.41) is 4.13. The lowest BCUT2D eigenvalue weighted by Gasteiger charge is -2.15. The first-order valence-electron chi connectivity index (χ1n) is 6.44. The summed E-state index contributed by atoms with van der Waals surface area (Å²) in [5.41, 5.74) is 7.95. The van der Waals surface area contributed by atoms with Crippen molar-refractivity contribution in [3.63, 3.8) is 0 Å². The Balaban J connectivity index is 2.01.